The number of aromatic amines is 2. The highest BCUT2D eigenvalue weighted by Crippen LogP contribution is 2.22. The molecule has 0 saturated carbocycles. The quantitative estimate of drug-likeness (QED) is 0.368. The van der Waals surface area contributed by atoms with E-state index in [1.807, 2.05) is 24.3 Å². The van der Waals surface area contributed by atoms with Crippen LogP contribution in [0.1, 0.15) is 11.1 Å². The predicted molar refractivity (Wildman–Crippen MR) is 104 cm³/mol. The van der Waals surface area contributed by atoms with Gasteiger partial charge in [0.25, 0.3) is 11.1 Å². The summed E-state index contributed by atoms with van der Waals surface area (Å²) in [4.78, 5) is 36.2. The van der Waals surface area contributed by atoms with E-state index in [0.29, 0.717) is 21.8 Å². The summed E-state index contributed by atoms with van der Waals surface area (Å²) in [7, 11) is 0. The Bertz CT molecular complexity index is 934. The summed E-state index contributed by atoms with van der Waals surface area (Å²) in [5.74, 6) is 1.72. The van der Waals surface area contributed by atoms with Gasteiger partial charge in [-0.15, -0.1) is 0 Å². The number of nitrogen functional groups attached to an aromatic ring is 2. The summed E-state index contributed by atoms with van der Waals surface area (Å²) >= 11 is 2.81. The number of nitrogens with zero attached hydrogens (tertiary/aromatic N) is 2. The topological polar surface area (TPSA) is 144 Å². The smallest absolute Gasteiger partial charge is 0.253 e. The molecule has 0 saturated heterocycles. The fourth-order valence-corrected chi connectivity index (χ4v) is 3.76. The highest BCUT2D eigenvalue weighted by atomic mass is 32.2. The maximum absolute atomic E-state index is 11.4. The Morgan fingerprint density at radius 3 is 1.50 bits per heavy atom. The average Bonchev–Trinajstić information content (AvgIpc) is 2.57. The second-order valence-electron chi connectivity index (χ2n) is 5.34. The SMILES string of the molecule is Nc1cc(=O)[nH]c(SCc2ccc(CSc3nc(N)cc(=O)[nH]3)cc2)n1. The Labute approximate surface area is 156 Å². The molecule has 2 aromatic heterocycles. The van der Waals surface area contributed by atoms with Gasteiger partial charge in [0.2, 0.25) is 0 Å². The third-order valence-corrected chi connectivity index (χ3v) is 5.14. The molecule has 3 rings (SSSR count). The molecule has 0 radical (unpaired) electrons. The Balaban J connectivity index is 1.57. The van der Waals surface area contributed by atoms with Crippen LogP contribution in [0.4, 0.5) is 11.6 Å². The lowest BCUT2D eigenvalue weighted by atomic mass is 10.2. The molecule has 0 aliphatic heterocycles. The normalized spacial score (nSPS) is 10.8. The molecular weight excluding hydrogens is 372 g/mol. The lowest BCUT2D eigenvalue weighted by Crippen LogP contribution is -2.09. The van der Waals surface area contributed by atoms with Gasteiger partial charge in [0.1, 0.15) is 11.6 Å². The maximum atomic E-state index is 11.4. The van der Waals surface area contributed by atoms with Crippen LogP contribution < -0.4 is 22.6 Å². The van der Waals surface area contributed by atoms with Gasteiger partial charge in [-0.25, -0.2) is 9.97 Å². The zero-order valence-electron chi connectivity index (χ0n) is 13.6. The third-order valence-electron chi connectivity index (χ3n) is 3.25. The van der Waals surface area contributed by atoms with Gasteiger partial charge in [0.05, 0.1) is 0 Å². The number of benzene rings is 1. The van der Waals surface area contributed by atoms with Crippen molar-refractivity contribution in [1.82, 2.24) is 19.9 Å². The van der Waals surface area contributed by atoms with Crippen molar-refractivity contribution >= 4 is 35.2 Å². The standard InChI is InChI=1S/C16H16N6O2S2/c17-11-5-13(23)21-15(19-11)25-7-9-1-2-10(4-3-9)8-26-16-20-12(18)6-14(24)22-16/h1-6H,7-8H2,(H3,17,19,21,23)(H3,18,20,22,24). The minimum absolute atomic E-state index is 0.205. The lowest BCUT2D eigenvalue weighted by Gasteiger charge is -2.05. The van der Waals surface area contributed by atoms with Gasteiger partial charge in [-0.2, -0.15) is 0 Å². The summed E-state index contributed by atoms with van der Waals surface area (Å²) < 4.78 is 0. The van der Waals surface area contributed by atoms with Crippen molar-refractivity contribution in [2.24, 2.45) is 0 Å². The first-order valence-electron chi connectivity index (χ1n) is 7.55. The number of aromatic nitrogens is 4. The molecule has 134 valence electrons. The van der Waals surface area contributed by atoms with Crippen LogP contribution in [0.15, 0.2) is 56.3 Å². The second kappa shape index (κ2) is 8.11. The van der Waals surface area contributed by atoms with Gasteiger partial charge in [0, 0.05) is 23.6 Å². The van der Waals surface area contributed by atoms with Crippen molar-refractivity contribution in [2.45, 2.75) is 21.8 Å². The zero-order chi connectivity index (χ0) is 18.5. The molecule has 0 aliphatic rings. The maximum Gasteiger partial charge on any atom is 0.253 e. The van der Waals surface area contributed by atoms with Crippen LogP contribution in [0.25, 0.3) is 0 Å². The van der Waals surface area contributed by atoms with E-state index in [4.69, 9.17) is 11.5 Å². The lowest BCUT2D eigenvalue weighted by molar-refractivity contribution is 0.944. The van der Waals surface area contributed by atoms with E-state index in [-0.39, 0.29) is 22.8 Å². The van der Waals surface area contributed by atoms with Crippen LogP contribution >= 0.6 is 23.5 Å². The fraction of sp³-hybridized carbons (Fsp3) is 0.125. The van der Waals surface area contributed by atoms with E-state index < -0.39 is 0 Å². The Hall–Kier alpha value is -2.72. The summed E-state index contributed by atoms with van der Waals surface area (Å²) in [6.45, 7) is 0. The van der Waals surface area contributed by atoms with Gasteiger partial charge < -0.3 is 21.4 Å². The molecule has 6 N–H and O–H groups in total. The number of nitrogens with one attached hydrogen (secondary N) is 2. The van der Waals surface area contributed by atoms with E-state index in [2.05, 4.69) is 19.9 Å². The van der Waals surface area contributed by atoms with Crippen molar-refractivity contribution in [3.05, 3.63) is 68.2 Å². The zero-order valence-corrected chi connectivity index (χ0v) is 15.2. The molecular formula is C16H16N6O2S2. The molecule has 10 heteroatoms. The van der Waals surface area contributed by atoms with E-state index in [1.165, 1.54) is 35.7 Å². The van der Waals surface area contributed by atoms with E-state index in [9.17, 15) is 9.59 Å². The molecule has 1 aromatic carbocycles. The number of anilines is 2. The fourth-order valence-electron chi connectivity index (χ4n) is 2.08. The molecule has 8 nitrogen and oxygen atoms in total. The van der Waals surface area contributed by atoms with E-state index >= 15 is 0 Å². The first-order valence-corrected chi connectivity index (χ1v) is 9.52. The van der Waals surface area contributed by atoms with Crippen molar-refractivity contribution in [2.75, 3.05) is 11.5 Å². The molecule has 26 heavy (non-hydrogen) atoms. The monoisotopic (exact) mass is 388 g/mol. The molecule has 0 amide bonds. The second-order valence-corrected chi connectivity index (χ2v) is 7.27. The average molecular weight is 388 g/mol. The first-order chi connectivity index (χ1) is 12.5. The van der Waals surface area contributed by atoms with E-state index in [0.717, 1.165) is 11.1 Å². The highest BCUT2D eigenvalue weighted by molar-refractivity contribution is 7.98. The minimum Gasteiger partial charge on any atom is -0.383 e. The number of thioether (sulfide) groups is 2. The summed E-state index contributed by atoms with van der Waals surface area (Å²) in [5, 5.41) is 0.984. The largest absolute Gasteiger partial charge is 0.383 e. The van der Waals surface area contributed by atoms with Crippen molar-refractivity contribution in [1.29, 1.82) is 0 Å². The molecule has 0 fully saturated rings. The first kappa shape index (κ1) is 18.1. The van der Waals surface area contributed by atoms with Crippen LogP contribution in [0.2, 0.25) is 0 Å². The number of hydrogen-bond acceptors (Lipinski definition) is 8. The van der Waals surface area contributed by atoms with Crippen molar-refractivity contribution < 1.29 is 0 Å². The van der Waals surface area contributed by atoms with Crippen molar-refractivity contribution in [3.63, 3.8) is 0 Å². The summed E-state index contributed by atoms with van der Waals surface area (Å²) in [6.07, 6.45) is 0. The van der Waals surface area contributed by atoms with Crippen LogP contribution in [-0.2, 0) is 11.5 Å². The van der Waals surface area contributed by atoms with E-state index in [1.54, 1.807) is 0 Å². The van der Waals surface area contributed by atoms with Gasteiger partial charge in [-0.05, 0) is 11.1 Å². The van der Waals surface area contributed by atoms with Gasteiger partial charge in [-0.1, -0.05) is 47.8 Å². The minimum atomic E-state index is -0.263. The van der Waals surface area contributed by atoms with Crippen LogP contribution in [-0.4, -0.2) is 19.9 Å². The van der Waals surface area contributed by atoms with Crippen LogP contribution in [0, 0.1) is 0 Å². The van der Waals surface area contributed by atoms with Gasteiger partial charge in [0.15, 0.2) is 10.3 Å². The summed E-state index contributed by atoms with van der Waals surface area (Å²) in [5.41, 5.74) is 12.8. The molecule has 3 aromatic rings. The molecule has 0 unspecified atom stereocenters. The van der Waals surface area contributed by atoms with Crippen molar-refractivity contribution in [3.8, 4) is 0 Å². The number of hydrogen-bond donors (Lipinski definition) is 4. The molecule has 0 aliphatic carbocycles. The van der Waals surface area contributed by atoms with Crippen LogP contribution in [0.3, 0.4) is 0 Å². The number of nitrogens with two attached hydrogens (primary N) is 2. The highest BCUT2D eigenvalue weighted by Gasteiger charge is 2.03. The Morgan fingerprint density at radius 1 is 0.769 bits per heavy atom. The molecule has 0 spiro atoms. The molecule has 0 bridgehead atoms. The molecule has 2 heterocycles. The molecule has 0 atom stereocenters. The number of rotatable bonds is 6. The van der Waals surface area contributed by atoms with Gasteiger partial charge in [-0.3, -0.25) is 9.59 Å². The predicted octanol–water partition coefficient (Wildman–Crippen LogP) is 1.60. The number of H-pyrrole nitrogens is 2. The van der Waals surface area contributed by atoms with Crippen LogP contribution in [0.5, 0.6) is 0 Å². The van der Waals surface area contributed by atoms with Gasteiger partial charge >= 0.3 is 0 Å². The Morgan fingerprint density at radius 2 is 1.15 bits per heavy atom. The Kier molecular flexibility index (Phi) is 5.64. The third kappa shape index (κ3) is 5.14. The summed E-state index contributed by atoms with van der Waals surface area (Å²) in [6, 6.07) is 10.5.